The van der Waals surface area contributed by atoms with Gasteiger partial charge < -0.3 is 19.5 Å². The average molecular weight is 309 g/mol. The topological polar surface area (TPSA) is 73.9 Å². The van der Waals surface area contributed by atoms with E-state index in [-0.39, 0.29) is 23.6 Å². The van der Waals surface area contributed by atoms with Gasteiger partial charge in [0.15, 0.2) is 6.61 Å². The van der Waals surface area contributed by atoms with Gasteiger partial charge in [0, 0.05) is 11.6 Å². The van der Waals surface area contributed by atoms with Gasteiger partial charge in [-0.3, -0.25) is 4.79 Å². The molecule has 0 aliphatic rings. The summed E-state index contributed by atoms with van der Waals surface area (Å²) < 4.78 is 15.2. The number of esters is 1. The summed E-state index contributed by atoms with van der Waals surface area (Å²) in [6, 6.07) is 4.74. The molecule has 0 heterocycles. The van der Waals surface area contributed by atoms with Crippen LogP contribution < -0.4 is 14.8 Å². The Morgan fingerprint density at radius 1 is 1.18 bits per heavy atom. The van der Waals surface area contributed by atoms with Crippen LogP contribution in [0.2, 0.25) is 0 Å². The van der Waals surface area contributed by atoms with E-state index in [9.17, 15) is 9.59 Å². The highest BCUT2D eigenvalue weighted by Gasteiger charge is 2.20. The Hall–Kier alpha value is -2.24. The molecule has 1 rings (SSSR count). The summed E-state index contributed by atoms with van der Waals surface area (Å²) in [7, 11) is 2.97. The number of carbonyl (C=O) groups is 2. The number of methoxy groups -OCH3 is 2. The van der Waals surface area contributed by atoms with Crippen molar-refractivity contribution in [3.05, 3.63) is 23.8 Å². The fraction of sp³-hybridized carbons (Fsp3) is 0.500. The van der Waals surface area contributed by atoms with E-state index in [1.807, 2.05) is 20.8 Å². The standard InChI is InChI=1S/C16H23NO5/c1-6-16(2,3)17-14(18)10-22-15(19)12-8-7-11(20-4)9-13(12)21-5/h7-9H,6,10H2,1-5H3,(H,17,18). The number of hydrogen-bond acceptors (Lipinski definition) is 5. The molecule has 0 saturated carbocycles. The lowest BCUT2D eigenvalue weighted by atomic mass is 10.0. The summed E-state index contributed by atoms with van der Waals surface area (Å²) in [5.41, 5.74) is -0.0905. The van der Waals surface area contributed by atoms with E-state index in [0.717, 1.165) is 6.42 Å². The van der Waals surface area contributed by atoms with Crippen LogP contribution in [0.25, 0.3) is 0 Å². The van der Waals surface area contributed by atoms with Crippen molar-refractivity contribution >= 4 is 11.9 Å². The molecule has 22 heavy (non-hydrogen) atoms. The van der Waals surface area contributed by atoms with Crippen LogP contribution in [-0.4, -0.2) is 38.2 Å². The fourth-order valence-electron chi connectivity index (χ4n) is 1.68. The van der Waals surface area contributed by atoms with Crippen LogP contribution in [-0.2, 0) is 9.53 Å². The molecule has 6 heteroatoms. The SMILES string of the molecule is CCC(C)(C)NC(=O)COC(=O)c1ccc(OC)cc1OC. The Morgan fingerprint density at radius 2 is 1.86 bits per heavy atom. The molecule has 122 valence electrons. The average Bonchev–Trinajstić information content (AvgIpc) is 2.51. The Labute approximate surface area is 130 Å². The van der Waals surface area contributed by atoms with E-state index >= 15 is 0 Å². The van der Waals surface area contributed by atoms with E-state index in [1.165, 1.54) is 20.3 Å². The second kappa shape index (κ2) is 7.68. The van der Waals surface area contributed by atoms with Crippen LogP contribution in [0, 0.1) is 0 Å². The van der Waals surface area contributed by atoms with Gasteiger partial charge in [-0.05, 0) is 32.4 Å². The second-order valence-electron chi connectivity index (χ2n) is 5.43. The van der Waals surface area contributed by atoms with Crippen molar-refractivity contribution in [2.24, 2.45) is 0 Å². The van der Waals surface area contributed by atoms with E-state index < -0.39 is 5.97 Å². The number of amides is 1. The molecule has 0 fully saturated rings. The first-order valence-electron chi connectivity index (χ1n) is 7.03. The molecule has 1 N–H and O–H groups in total. The van der Waals surface area contributed by atoms with Crippen molar-refractivity contribution in [3.63, 3.8) is 0 Å². The molecule has 1 aromatic carbocycles. The summed E-state index contributed by atoms with van der Waals surface area (Å²) in [6.07, 6.45) is 0.777. The van der Waals surface area contributed by atoms with E-state index in [4.69, 9.17) is 14.2 Å². The van der Waals surface area contributed by atoms with Crippen LogP contribution in [0.4, 0.5) is 0 Å². The zero-order valence-electron chi connectivity index (χ0n) is 13.7. The molecule has 0 aliphatic heterocycles. The lowest BCUT2D eigenvalue weighted by Crippen LogP contribution is -2.44. The Kier molecular flexibility index (Phi) is 6.22. The highest BCUT2D eigenvalue weighted by molar-refractivity contribution is 5.94. The van der Waals surface area contributed by atoms with Gasteiger partial charge in [0.2, 0.25) is 0 Å². The molecule has 6 nitrogen and oxygen atoms in total. The van der Waals surface area contributed by atoms with Gasteiger partial charge in [-0.2, -0.15) is 0 Å². The first-order chi connectivity index (χ1) is 10.3. The minimum absolute atomic E-state index is 0.242. The third kappa shape index (κ3) is 4.95. The maximum Gasteiger partial charge on any atom is 0.342 e. The van der Waals surface area contributed by atoms with Crippen LogP contribution in [0.1, 0.15) is 37.6 Å². The molecule has 0 radical (unpaired) electrons. The Bertz CT molecular complexity index is 539. The van der Waals surface area contributed by atoms with Gasteiger partial charge in [-0.1, -0.05) is 6.92 Å². The molecule has 0 aromatic heterocycles. The quantitative estimate of drug-likeness (QED) is 0.781. The number of hydrogen-bond donors (Lipinski definition) is 1. The number of nitrogens with one attached hydrogen (secondary N) is 1. The lowest BCUT2D eigenvalue weighted by molar-refractivity contribution is -0.125. The first kappa shape index (κ1) is 17.8. The minimum Gasteiger partial charge on any atom is -0.497 e. The number of carbonyl (C=O) groups excluding carboxylic acids is 2. The molecule has 0 saturated heterocycles. The number of ether oxygens (including phenoxy) is 3. The van der Waals surface area contributed by atoms with Crippen LogP contribution in [0.3, 0.4) is 0 Å². The van der Waals surface area contributed by atoms with Crippen molar-refractivity contribution in [3.8, 4) is 11.5 Å². The van der Waals surface area contributed by atoms with Gasteiger partial charge in [-0.15, -0.1) is 0 Å². The maximum absolute atomic E-state index is 12.0. The smallest absolute Gasteiger partial charge is 0.342 e. The van der Waals surface area contributed by atoms with Crippen molar-refractivity contribution in [1.82, 2.24) is 5.32 Å². The summed E-state index contributed by atoms with van der Waals surface area (Å²) >= 11 is 0. The predicted octanol–water partition coefficient (Wildman–Crippen LogP) is 2.17. The monoisotopic (exact) mass is 309 g/mol. The Balaban J connectivity index is 2.68. The summed E-state index contributed by atoms with van der Waals surface area (Å²) in [4.78, 5) is 23.8. The summed E-state index contributed by atoms with van der Waals surface area (Å²) in [5.74, 6) is -0.0638. The molecule has 0 bridgehead atoms. The fourth-order valence-corrected chi connectivity index (χ4v) is 1.68. The predicted molar refractivity (Wildman–Crippen MR) is 82.3 cm³/mol. The van der Waals surface area contributed by atoms with Gasteiger partial charge >= 0.3 is 5.97 Å². The molecular formula is C16H23NO5. The first-order valence-corrected chi connectivity index (χ1v) is 7.03. The molecule has 0 aliphatic carbocycles. The van der Waals surface area contributed by atoms with Gasteiger partial charge in [0.25, 0.3) is 5.91 Å². The van der Waals surface area contributed by atoms with Gasteiger partial charge in [0.1, 0.15) is 17.1 Å². The number of benzene rings is 1. The van der Waals surface area contributed by atoms with E-state index in [1.54, 1.807) is 12.1 Å². The lowest BCUT2D eigenvalue weighted by Gasteiger charge is -2.24. The van der Waals surface area contributed by atoms with Crippen molar-refractivity contribution in [2.45, 2.75) is 32.7 Å². The normalized spacial score (nSPS) is 10.8. The van der Waals surface area contributed by atoms with Crippen molar-refractivity contribution in [2.75, 3.05) is 20.8 Å². The van der Waals surface area contributed by atoms with Crippen molar-refractivity contribution < 1.29 is 23.8 Å². The second-order valence-corrected chi connectivity index (χ2v) is 5.43. The van der Waals surface area contributed by atoms with E-state index in [2.05, 4.69) is 5.32 Å². The van der Waals surface area contributed by atoms with Gasteiger partial charge in [-0.25, -0.2) is 4.79 Å². The molecule has 0 spiro atoms. The number of rotatable bonds is 7. The molecular weight excluding hydrogens is 286 g/mol. The van der Waals surface area contributed by atoms with Crippen molar-refractivity contribution in [1.29, 1.82) is 0 Å². The van der Waals surface area contributed by atoms with Crippen LogP contribution in [0.5, 0.6) is 11.5 Å². The molecule has 1 aromatic rings. The highest BCUT2D eigenvalue weighted by Crippen LogP contribution is 2.25. The Morgan fingerprint density at radius 3 is 2.41 bits per heavy atom. The van der Waals surface area contributed by atoms with Crippen LogP contribution >= 0.6 is 0 Å². The van der Waals surface area contributed by atoms with E-state index in [0.29, 0.717) is 11.5 Å². The minimum atomic E-state index is -0.621. The zero-order valence-corrected chi connectivity index (χ0v) is 13.7. The molecule has 0 atom stereocenters. The van der Waals surface area contributed by atoms with Crippen LogP contribution in [0.15, 0.2) is 18.2 Å². The largest absolute Gasteiger partial charge is 0.497 e. The van der Waals surface area contributed by atoms with Gasteiger partial charge in [0.05, 0.1) is 14.2 Å². The maximum atomic E-state index is 12.0. The summed E-state index contributed by atoms with van der Waals surface area (Å²) in [5, 5.41) is 2.79. The summed E-state index contributed by atoms with van der Waals surface area (Å²) in [6.45, 7) is 5.43. The molecule has 1 amide bonds. The third-order valence-corrected chi connectivity index (χ3v) is 3.32. The zero-order chi connectivity index (χ0) is 16.8. The molecule has 0 unspecified atom stereocenters. The highest BCUT2D eigenvalue weighted by atomic mass is 16.5. The third-order valence-electron chi connectivity index (χ3n) is 3.32.